The predicted molar refractivity (Wildman–Crippen MR) is 119 cm³/mol. The molecule has 3 aromatic rings. The van der Waals surface area contributed by atoms with Crippen LogP contribution < -0.4 is 10.6 Å². The predicted octanol–water partition coefficient (Wildman–Crippen LogP) is 2.12. The number of carbonyl (C=O) groups excluding carboxylic acids is 2. The van der Waals surface area contributed by atoms with E-state index in [1.54, 1.807) is 6.07 Å². The Kier molecular flexibility index (Phi) is 7.79. The van der Waals surface area contributed by atoms with Gasteiger partial charge in [0.2, 0.25) is 21.8 Å². The average molecular weight is 494 g/mol. The molecular weight excluding hydrogens is 473 g/mol. The smallest absolute Gasteiger partial charge is 0.277 e. The molecule has 0 saturated heterocycles. The second-order valence-corrected chi connectivity index (χ2v) is 9.85. The highest BCUT2D eigenvalue weighted by Crippen LogP contribution is 2.18. The number of aromatic nitrogens is 2. The number of anilines is 1. The first-order valence-corrected chi connectivity index (χ1v) is 11.9. The fraction of sp³-hybridized carbons (Fsp3) is 0.200. The van der Waals surface area contributed by atoms with Gasteiger partial charge < -0.3 is 15.1 Å². The third-order valence-corrected chi connectivity index (χ3v) is 6.87. The van der Waals surface area contributed by atoms with Gasteiger partial charge >= 0.3 is 0 Å². The molecule has 174 valence electrons. The zero-order valence-electron chi connectivity index (χ0n) is 17.6. The molecule has 0 saturated carbocycles. The maximum Gasteiger partial charge on any atom is 0.277 e. The Balaban J connectivity index is 1.49. The van der Waals surface area contributed by atoms with Gasteiger partial charge in [0.05, 0.1) is 22.9 Å². The lowest BCUT2D eigenvalue weighted by molar-refractivity contribution is -0.113. The summed E-state index contributed by atoms with van der Waals surface area (Å²) in [6, 6.07) is 11.3. The minimum absolute atomic E-state index is 0.0639. The van der Waals surface area contributed by atoms with Crippen LogP contribution >= 0.6 is 11.8 Å². The van der Waals surface area contributed by atoms with Gasteiger partial charge in [-0.25, -0.2) is 17.1 Å². The molecule has 0 spiro atoms. The lowest BCUT2D eigenvalue weighted by Crippen LogP contribution is -2.24. The van der Waals surface area contributed by atoms with Gasteiger partial charge in [0.15, 0.2) is 0 Å². The molecule has 13 heteroatoms. The molecule has 1 aromatic heterocycles. The third-order valence-electron chi connectivity index (χ3n) is 4.22. The van der Waals surface area contributed by atoms with E-state index in [0.717, 1.165) is 16.1 Å². The van der Waals surface area contributed by atoms with Gasteiger partial charge in [-0.1, -0.05) is 23.9 Å². The number of rotatable bonds is 9. The molecule has 0 aliphatic rings. The van der Waals surface area contributed by atoms with E-state index in [0.29, 0.717) is 0 Å². The highest BCUT2D eigenvalue weighted by Gasteiger charge is 2.18. The van der Waals surface area contributed by atoms with Crippen LogP contribution in [0.5, 0.6) is 0 Å². The van der Waals surface area contributed by atoms with Crippen molar-refractivity contribution in [3.05, 3.63) is 65.8 Å². The van der Waals surface area contributed by atoms with E-state index in [9.17, 15) is 22.4 Å². The van der Waals surface area contributed by atoms with Crippen molar-refractivity contribution in [2.45, 2.75) is 16.7 Å². The zero-order valence-corrected chi connectivity index (χ0v) is 19.2. The normalized spacial score (nSPS) is 11.4. The second-order valence-electron chi connectivity index (χ2n) is 6.77. The number of sulfonamides is 1. The number of halogens is 1. The van der Waals surface area contributed by atoms with Crippen molar-refractivity contribution in [1.29, 1.82) is 0 Å². The average Bonchev–Trinajstić information content (AvgIpc) is 3.25. The van der Waals surface area contributed by atoms with Crippen LogP contribution in [0.2, 0.25) is 0 Å². The SMILES string of the molecule is CN(C)S(=O)(=O)c1ccc(C(=O)NCc2nnc(SCC(=O)Nc3ccccc3F)o2)cc1. The van der Waals surface area contributed by atoms with Crippen molar-refractivity contribution in [3.8, 4) is 0 Å². The quantitative estimate of drug-likeness (QED) is 0.433. The monoisotopic (exact) mass is 493 g/mol. The van der Waals surface area contributed by atoms with Gasteiger partial charge in [-0.3, -0.25) is 9.59 Å². The highest BCUT2D eigenvalue weighted by molar-refractivity contribution is 7.99. The van der Waals surface area contributed by atoms with Crippen molar-refractivity contribution >= 4 is 39.3 Å². The number of nitrogens with one attached hydrogen (secondary N) is 2. The van der Waals surface area contributed by atoms with Crippen molar-refractivity contribution in [2.24, 2.45) is 0 Å². The van der Waals surface area contributed by atoms with Gasteiger partial charge in [0.25, 0.3) is 11.1 Å². The summed E-state index contributed by atoms with van der Waals surface area (Å²) in [5.74, 6) is -1.41. The van der Waals surface area contributed by atoms with E-state index in [4.69, 9.17) is 4.42 Å². The van der Waals surface area contributed by atoms with E-state index in [-0.39, 0.29) is 39.6 Å². The Bertz CT molecular complexity index is 1250. The van der Waals surface area contributed by atoms with E-state index in [1.165, 1.54) is 56.6 Å². The number of para-hydroxylation sites is 1. The Morgan fingerprint density at radius 3 is 2.45 bits per heavy atom. The first-order valence-electron chi connectivity index (χ1n) is 9.47. The minimum Gasteiger partial charge on any atom is -0.414 e. The molecule has 2 amide bonds. The molecule has 0 atom stereocenters. The summed E-state index contributed by atoms with van der Waals surface area (Å²) in [5, 5.41) is 12.7. The highest BCUT2D eigenvalue weighted by atomic mass is 32.2. The minimum atomic E-state index is -3.58. The summed E-state index contributed by atoms with van der Waals surface area (Å²) in [5.41, 5.74) is 0.330. The van der Waals surface area contributed by atoms with Crippen molar-refractivity contribution in [2.75, 3.05) is 25.2 Å². The third kappa shape index (κ3) is 6.37. The molecule has 0 radical (unpaired) electrons. The summed E-state index contributed by atoms with van der Waals surface area (Å²) >= 11 is 0.963. The second kappa shape index (κ2) is 10.6. The maximum atomic E-state index is 13.6. The van der Waals surface area contributed by atoms with Crippen LogP contribution in [0.4, 0.5) is 10.1 Å². The maximum absolute atomic E-state index is 13.6. The first-order chi connectivity index (χ1) is 15.7. The standard InChI is InChI=1S/C20H20FN5O5S2/c1-26(2)33(29,30)14-9-7-13(8-10-14)19(28)22-11-18-24-25-20(31-18)32-12-17(27)23-16-6-4-3-5-15(16)21/h3-10H,11-12H2,1-2H3,(H,22,28)(H,23,27). The van der Waals surface area contributed by atoms with Crippen LogP contribution in [0.3, 0.4) is 0 Å². The largest absolute Gasteiger partial charge is 0.414 e. The fourth-order valence-corrected chi connectivity index (χ4v) is 3.97. The molecule has 10 nitrogen and oxygen atoms in total. The zero-order chi connectivity index (χ0) is 24.0. The topological polar surface area (TPSA) is 134 Å². The number of carbonyl (C=O) groups is 2. The van der Waals surface area contributed by atoms with Crippen LogP contribution in [0, 0.1) is 5.82 Å². The van der Waals surface area contributed by atoms with E-state index in [2.05, 4.69) is 20.8 Å². The Labute approximate surface area is 193 Å². The summed E-state index contributed by atoms with van der Waals surface area (Å²) in [4.78, 5) is 24.3. The Hall–Kier alpha value is -3.29. The summed E-state index contributed by atoms with van der Waals surface area (Å²) in [6.07, 6.45) is 0. The lowest BCUT2D eigenvalue weighted by Gasteiger charge is -2.11. The molecule has 33 heavy (non-hydrogen) atoms. The van der Waals surface area contributed by atoms with Gasteiger partial charge in [-0.05, 0) is 36.4 Å². The van der Waals surface area contributed by atoms with Crippen molar-refractivity contribution < 1.29 is 26.8 Å². The van der Waals surface area contributed by atoms with Crippen LogP contribution in [0.25, 0.3) is 0 Å². The number of benzene rings is 2. The molecule has 0 bridgehead atoms. The first kappa shape index (κ1) is 24.4. The number of thioether (sulfide) groups is 1. The van der Waals surface area contributed by atoms with Crippen LogP contribution in [0.15, 0.2) is 63.1 Å². The Morgan fingerprint density at radius 2 is 1.79 bits per heavy atom. The van der Waals surface area contributed by atoms with Crippen LogP contribution in [-0.2, 0) is 21.4 Å². The van der Waals surface area contributed by atoms with Crippen LogP contribution in [0.1, 0.15) is 16.2 Å². The molecule has 1 heterocycles. The molecule has 3 rings (SSSR count). The number of amides is 2. The fourth-order valence-electron chi connectivity index (χ4n) is 2.49. The lowest BCUT2D eigenvalue weighted by atomic mass is 10.2. The number of hydrogen-bond acceptors (Lipinski definition) is 8. The number of nitrogens with zero attached hydrogens (tertiary/aromatic N) is 3. The molecule has 0 unspecified atom stereocenters. The van der Waals surface area contributed by atoms with Crippen LogP contribution in [-0.4, -0.2) is 54.6 Å². The van der Waals surface area contributed by atoms with E-state index < -0.39 is 27.7 Å². The van der Waals surface area contributed by atoms with Gasteiger partial charge in [0, 0.05) is 19.7 Å². The van der Waals surface area contributed by atoms with Gasteiger partial charge in [-0.15, -0.1) is 10.2 Å². The molecule has 0 fully saturated rings. The van der Waals surface area contributed by atoms with E-state index >= 15 is 0 Å². The van der Waals surface area contributed by atoms with E-state index in [1.807, 2.05) is 0 Å². The molecule has 2 N–H and O–H groups in total. The Morgan fingerprint density at radius 1 is 1.09 bits per heavy atom. The molecular formula is C20H20FN5O5S2. The van der Waals surface area contributed by atoms with Gasteiger partial charge in [-0.2, -0.15) is 0 Å². The summed E-state index contributed by atoms with van der Waals surface area (Å²) in [6.45, 7) is -0.0639. The molecule has 0 aliphatic heterocycles. The number of hydrogen-bond donors (Lipinski definition) is 2. The molecule has 0 aliphatic carbocycles. The summed E-state index contributed by atoms with van der Waals surface area (Å²) < 4.78 is 44.2. The van der Waals surface area contributed by atoms with Crippen molar-refractivity contribution in [1.82, 2.24) is 19.8 Å². The van der Waals surface area contributed by atoms with Gasteiger partial charge in [0.1, 0.15) is 5.82 Å². The molecule has 2 aromatic carbocycles. The summed E-state index contributed by atoms with van der Waals surface area (Å²) in [7, 11) is -0.746. The van der Waals surface area contributed by atoms with Crippen molar-refractivity contribution in [3.63, 3.8) is 0 Å².